The molecule has 0 aromatic carbocycles. The molecular formula is C16H31NO. The number of hydrogen-bond donors (Lipinski definition) is 1. The van der Waals surface area contributed by atoms with E-state index in [1.807, 2.05) is 0 Å². The van der Waals surface area contributed by atoms with Crippen molar-refractivity contribution >= 4 is 0 Å². The maximum Gasteiger partial charge on any atom is 0.0779 e. The van der Waals surface area contributed by atoms with E-state index in [1.54, 1.807) is 0 Å². The highest BCUT2D eigenvalue weighted by molar-refractivity contribution is 4.85. The van der Waals surface area contributed by atoms with Crippen molar-refractivity contribution in [2.24, 2.45) is 11.8 Å². The maximum atomic E-state index is 5.86. The molecule has 3 unspecified atom stereocenters. The smallest absolute Gasteiger partial charge is 0.0779 e. The van der Waals surface area contributed by atoms with Gasteiger partial charge in [-0.3, -0.25) is 0 Å². The molecule has 0 radical (unpaired) electrons. The predicted molar refractivity (Wildman–Crippen MR) is 76.8 cm³/mol. The van der Waals surface area contributed by atoms with Gasteiger partial charge in [0.05, 0.1) is 5.60 Å². The van der Waals surface area contributed by atoms with Crippen LogP contribution in [0.1, 0.15) is 65.7 Å². The van der Waals surface area contributed by atoms with Crippen LogP contribution < -0.4 is 5.32 Å². The molecule has 1 saturated carbocycles. The maximum absolute atomic E-state index is 5.86. The van der Waals surface area contributed by atoms with Crippen molar-refractivity contribution in [3.8, 4) is 0 Å². The van der Waals surface area contributed by atoms with E-state index in [2.05, 4.69) is 26.1 Å². The summed E-state index contributed by atoms with van der Waals surface area (Å²) in [7, 11) is 0. The molecule has 0 amide bonds. The first kappa shape index (κ1) is 14.3. The van der Waals surface area contributed by atoms with Crippen LogP contribution in [-0.2, 0) is 4.74 Å². The molecule has 1 saturated heterocycles. The summed E-state index contributed by atoms with van der Waals surface area (Å²) in [6.07, 6.45) is 9.42. The molecule has 0 aromatic heterocycles. The van der Waals surface area contributed by atoms with E-state index < -0.39 is 0 Å². The first-order valence-corrected chi connectivity index (χ1v) is 7.96. The van der Waals surface area contributed by atoms with E-state index in [0.29, 0.717) is 0 Å². The monoisotopic (exact) mass is 253 g/mol. The van der Waals surface area contributed by atoms with E-state index >= 15 is 0 Å². The van der Waals surface area contributed by atoms with Crippen LogP contribution in [0.25, 0.3) is 0 Å². The Labute approximate surface area is 113 Å². The van der Waals surface area contributed by atoms with Gasteiger partial charge in [-0.05, 0) is 50.9 Å². The lowest BCUT2D eigenvalue weighted by atomic mass is 9.89. The average Bonchev–Trinajstić information content (AvgIpc) is 2.64. The SMILES string of the molecule is CC(C)C1CCCC(NCC2(C)CCCO2)CC1. The summed E-state index contributed by atoms with van der Waals surface area (Å²) < 4.78 is 5.86. The Morgan fingerprint density at radius 1 is 1.17 bits per heavy atom. The Hall–Kier alpha value is -0.0800. The normalized spacial score (nSPS) is 38.0. The second-order valence-electron chi connectivity index (χ2n) is 6.99. The van der Waals surface area contributed by atoms with E-state index in [1.165, 1.54) is 44.9 Å². The van der Waals surface area contributed by atoms with E-state index in [0.717, 1.165) is 31.0 Å². The summed E-state index contributed by atoms with van der Waals surface area (Å²) in [5, 5.41) is 3.78. The first-order chi connectivity index (χ1) is 8.59. The van der Waals surface area contributed by atoms with Crippen LogP contribution in [0.5, 0.6) is 0 Å². The summed E-state index contributed by atoms with van der Waals surface area (Å²) >= 11 is 0. The van der Waals surface area contributed by atoms with Crippen molar-refractivity contribution in [2.45, 2.75) is 77.4 Å². The van der Waals surface area contributed by atoms with Crippen molar-refractivity contribution in [3.05, 3.63) is 0 Å². The van der Waals surface area contributed by atoms with Crippen LogP contribution in [0.2, 0.25) is 0 Å². The predicted octanol–water partition coefficient (Wildman–Crippen LogP) is 3.75. The fourth-order valence-electron chi connectivity index (χ4n) is 3.54. The van der Waals surface area contributed by atoms with Gasteiger partial charge >= 0.3 is 0 Å². The van der Waals surface area contributed by atoms with Gasteiger partial charge in [0.2, 0.25) is 0 Å². The summed E-state index contributed by atoms with van der Waals surface area (Å²) in [4.78, 5) is 0. The summed E-state index contributed by atoms with van der Waals surface area (Å²) in [6, 6.07) is 0.731. The molecule has 1 aliphatic carbocycles. The van der Waals surface area contributed by atoms with Crippen LogP contribution in [0.15, 0.2) is 0 Å². The molecule has 106 valence electrons. The van der Waals surface area contributed by atoms with Gasteiger partial charge in [-0.1, -0.05) is 26.7 Å². The van der Waals surface area contributed by atoms with Crippen LogP contribution in [0.3, 0.4) is 0 Å². The van der Waals surface area contributed by atoms with Crippen LogP contribution in [0.4, 0.5) is 0 Å². The number of hydrogen-bond acceptors (Lipinski definition) is 2. The minimum atomic E-state index is 0.115. The molecule has 2 rings (SSSR count). The van der Waals surface area contributed by atoms with Crippen LogP contribution >= 0.6 is 0 Å². The highest BCUT2D eigenvalue weighted by Crippen LogP contribution is 2.29. The summed E-state index contributed by atoms with van der Waals surface area (Å²) in [6.45, 7) is 9.03. The lowest BCUT2D eigenvalue weighted by Crippen LogP contribution is -2.42. The standard InChI is InChI=1S/C16H31NO/c1-13(2)14-6-4-7-15(9-8-14)17-12-16(3)10-5-11-18-16/h13-15,17H,4-12H2,1-3H3. The molecule has 0 bridgehead atoms. The van der Waals surface area contributed by atoms with E-state index in [9.17, 15) is 0 Å². The van der Waals surface area contributed by atoms with Gasteiger partial charge in [-0.2, -0.15) is 0 Å². The molecule has 0 spiro atoms. The second kappa shape index (κ2) is 6.38. The van der Waals surface area contributed by atoms with Crippen LogP contribution in [-0.4, -0.2) is 24.8 Å². The highest BCUT2D eigenvalue weighted by atomic mass is 16.5. The van der Waals surface area contributed by atoms with Crippen molar-refractivity contribution in [1.82, 2.24) is 5.32 Å². The number of ether oxygens (including phenoxy) is 1. The van der Waals surface area contributed by atoms with Gasteiger partial charge in [0.1, 0.15) is 0 Å². The Kier molecular flexibility index (Phi) is 5.08. The van der Waals surface area contributed by atoms with Gasteiger partial charge < -0.3 is 10.1 Å². The highest BCUT2D eigenvalue weighted by Gasteiger charge is 2.30. The van der Waals surface area contributed by atoms with Gasteiger partial charge in [0.25, 0.3) is 0 Å². The van der Waals surface area contributed by atoms with Gasteiger partial charge in [0.15, 0.2) is 0 Å². The summed E-state index contributed by atoms with van der Waals surface area (Å²) in [5.41, 5.74) is 0.115. The van der Waals surface area contributed by atoms with Crippen molar-refractivity contribution in [3.63, 3.8) is 0 Å². The Morgan fingerprint density at radius 2 is 2.00 bits per heavy atom. The Bertz CT molecular complexity index is 245. The second-order valence-corrected chi connectivity index (χ2v) is 6.99. The zero-order valence-electron chi connectivity index (χ0n) is 12.5. The molecular weight excluding hydrogens is 222 g/mol. The molecule has 3 atom stereocenters. The molecule has 2 nitrogen and oxygen atoms in total. The molecule has 1 heterocycles. The van der Waals surface area contributed by atoms with Crippen molar-refractivity contribution in [2.75, 3.05) is 13.2 Å². The van der Waals surface area contributed by atoms with Crippen molar-refractivity contribution in [1.29, 1.82) is 0 Å². The average molecular weight is 253 g/mol. The number of rotatable bonds is 4. The third-order valence-electron chi connectivity index (χ3n) is 5.02. The van der Waals surface area contributed by atoms with Crippen molar-refractivity contribution < 1.29 is 4.74 Å². The Balaban J connectivity index is 1.73. The molecule has 1 aliphatic heterocycles. The third kappa shape index (κ3) is 3.96. The molecule has 2 aliphatic rings. The fraction of sp³-hybridized carbons (Fsp3) is 1.00. The topological polar surface area (TPSA) is 21.3 Å². The molecule has 0 aromatic rings. The summed E-state index contributed by atoms with van der Waals surface area (Å²) in [5.74, 6) is 1.81. The minimum absolute atomic E-state index is 0.115. The lowest BCUT2D eigenvalue weighted by molar-refractivity contribution is 0.0183. The Morgan fingerprint density at radius 3 is 2.67 bits per heavy atom. The minimum Gasteiger partial charge on any atom is -0.374 e. The largest absolute Gasteiger partial charge is 0.374 e. The zero-order chi connectivity index (χ0) is 13.0. The molecule has 2 heteroatoms. The zero-order valence-corrected chi connectivity index (χ0v) is 12.5. The lowest BCUT2D eigenvalue weighted by Gasteiger charge is -2.27. The molecule has 1 N–H and O–H groups in total. The number of nitrogens with one attached hydrogen (secondary N) is 1. The van der Waals surface area contributed by atoms with Gasteiger partial charge in [-0.25, -0.2) is 0 Å². The van der Waals surface area contributed by atoms with Gasteiger partial charge in [0, 0.05) is 19.2 Å². The fourth-order valence-corrected chi connectivity index (χ4v) is 3.54. The quantitative estimate of drug-likeness (QED) is 0.770. The van der Waals surface area contributed by atoms with Crippen LogP contribution in [0, 0.1) is 11.8 Å². The van der Waals surface area contributed by atoms with E-state index in [4.69, 9.17) is 4.74 Å². The third-order valence-corrected chi connectivity index (χ3v) is 5.02. The molecule has 2 fully saturated rings. The first-order valence-electron chi connectivity index (χ1n) is 7.96. The molecule has 18 heavy (non-hydrogen) atoms. The van der Waals surface area contributed by atoms with E-state index in [-0.39, 0.29) is 5.60 Å². The van der Waals surface area contributed by atoms with Gasteiger partial charge in [-0.15, -0.1) is 0 Å².